The molecule has 7 aliphatic rings. The minimum absolute atomic E-state index is 0.000566. The number of carbonyl (C=O) groups excluding carboxylic acids is 6. The highest BCUT2D eigenvalue weighted by atomic mass is 16.5. The van der Waals surface area contributed by atoms with E-state index in [-0.39, 0.29) is 60.4 Å². The molecule has 2 aliphatic carbocycles. The van der Waals surface area contributed by atoms with Gasteiger partial charge in [-0.2, -0.15) is 10.1 Å². The molecular weight excluding hydrogens is 917 g/mol. The van der Waals surface area contributed by atoms with Crippen LogP contribution in [0, 0.1) is 17.8 Å². The lowest BCUT2D eigenvalue weighted by Crippen LogP contribution is -2.54. The van der Waals surface area contributed by atoms with Crippen molar-refractivity contribution in [2.24, 2.45) is 24.8 Å². The van der Waals surface area contributed by atoms with Crippen molar-refractivity contribution in [3.8, 4) is 0 Å². The molecule has 1 aromatic carbocycles. The van der Waals surface area contributed by atoms with Crippen LogP contribution in [0.2, 0.25) is 0 Å². The first kappa shape index (κ1) is 49.6. The number of amides is 5. The van der Waals surface area contributed by atoms with Crippen molar-refractivity contribution in [3.63, 3.8) is 0 Å². The first-order valence-corrected chi connectivity index (χ1v) is 26.8. The summed E-state index contributed by atoms with van der Waals surface area (Å²) >= 11 is 0. The van der Waals surface area contributed by atoms with E-state index in [0.29, 0.717) is 53.7 Å². The van der Waals surface area contributed by atoms with E-state index in [1.165, 1.54) is 11.8 Å². The van der Waals surface area contributed by atoms with Crippen molar-refractivity contribution in [2.45, 2.75) is 127 Å². The quantitative estimate of drug-likeness (QED) is 0.157. The summed E-state index contributed by atoms with van der Waals surface area (Å²) in [5.74, 6) is 1.17. The molecule has 1 atom stereocenters. The average molecular weight is 989 g/mol. The highest BCUT2D eigenvalue weighted by Gasteiger charge is 2.41. The third-order valence-electron chi connectivity index (χ3n) is 16.9. The van der Waals surface area contributed by atoms with E-state index in [2.05, 4.69) is 62.7 Å². The number of ether oxygens (including phenoxy) is 1. The van der Waals surface area contributed by atoms with E-state index < -0.39 is 12.0 Å². The number of fused-ring (bicyclic) bond motifs is 1. The second-order valence-electron chi connectivity index (χ2n) is 21.4. The van der Waals surface area contributed by atoms with E-state index in [1.54, 1.807) is 22.7 Å². The summed E-state index contributed by atoms with van der Waals surface area (Å²) in [5, 5.41) is 13.3. The minimum atomic E-state index is -0.598. The summed E-state index contributed by atoms with van der Waals surface area (Å²) < 4.78 is 7.00. The van der Waals surface area contributed by atoms with E-state index in [1.807, 2.05) is 19.3 Å². The van der Waals surface area contributed by atoms with Crippen LogP contribution in [0.1, 0.15) is 135 Å². The van der Waals surface area contributed by atoms with Crippen molar-refractivity contribution in [3.05, 3.63) is 59.0 Å². The summed E-state index contributed by atoms with van der Waals surface area (Å²) in [6, 6.07) is 6.19. The van der Waals surface area contributed by atoms with Gasteiger partial charge in [0, 0.05) is 108 Å². The standard InChI is InChI=1S/C53H72N12O7/c1-3-72-52(71)44-30-54-53(57-41-29-55-60(2)33-41)59-47(44)56-40-9-11-42(12-10-40)62-24-26-64(27-25-62)50(69)37-6-4-36(5-7-37)49(68)63-22-16-34(17-23-63)31-61-20-18-35(19-21-61)38-8-13-43-39(28-38)32-65(51(43)70)45-14-15-46(66)58-48(45)67/h8,13,28-30,33-37,40,42,45H,3-7,9-12,14-27,31-32H2,1-2H3,(H,58,66,67)(H2,54,56,57,59). The molecule has 386 valence electrons. The number of nitrogens with one attached hydrogen (secondary N) is 3. The number of benzene rings is 1. The number of aromatic nitrogens is 4. The summed E-state index contributed by atoms with van der Waals surface area (Å²) in [6.45, 7) is 10.4. The molecule has 19 nitrogen and oxygen atoms in total. The van der Waals surface area contributed by atoms with Crippen molar-refractivity contribution in [1.82, 2.24) is 49.6 Å². The van der Waals surface area contributed by atoms with E-state index in [9.17, 15) is 28.8 Å². The Morgan fingerprint density at radius 3 is 2.14 bits per heavy atom. The van der Waals surface area contributed by atoms with Crippen LogP contribution >= 0.6 is 0 Å². The fourth-order valence-electron chi connectivity index (χ4n) is 12.7. The molecule has 0 bridgehead atoms. The second kappa shape index (κ2) is 22.0. The van der Waals surface area contributed by atoms with Crippen LogP contribution in [-0.4, -0.2) is 163 Å². The van der Waals surface area contributed by atoms with Crippen LogP contribution in [0.15, 0.2) is 36.8 Å². The number of hydrogen-bond donors (Lipinski definition) is 3. The smallest absolute Gasteiger partial charge is 0.343 e. The molecule has 19 heteroatoms. The Kier molecular flexibility index (Phi) is 15.2. The highest BCUT2D eigenvalue weighted by Crippen LogP contribution is 2.36. The number of esters is 1. The number of rotatable bonds is 13. The molecule has 0 spiro atoms. The number of nitrogens with zero attached hydrogens (tertiary/aromatic N) is 9. The molecule has 6 fully saturated rings. The molecule has 7 heterocycles. The Morgan fingerprint density at radius 2 is 1.49 bits per heavy atom. The van der Waals surface area contributed by atoms with Crippen molar-refractivity contribution in [2.75, 3.05) is 76.1 Å². The van der Waals surface area contributed by atoms with Gasteiger partial charge < -0.3 is 35.0 Å². The lowest BCUT2D eigenvalue weighted by atomic mass is 9.80. The van der Waals surface area contributed by atoms with E-state index in [4.69, 9.17) is 4.74 Å². The first-order chi connectivity index (χ1) is 35.0. The molecule has 3 N–H and O–H groups in total. The van der Waals surface area contributed by atoms with Gasteiger partial charge in [-0.3, -0.25) is 38.9 Å². The fraction of sp³-hybridized carbons (Fsp3) is 0.642. The lowest BCUT2D eigenvalue weighted by Gasteiger charge is -2.43. The molecule has 2 saturated carbocycles. The highest BCUT2D eigenvalue weighted by molar-refractivity contribution is 6.05. The third kappa shape index (κ3) is 11.2. The normalized spacial score (nSPS) is 26.1. The summed E-state index contributed by atoms with van der Waals surface area (Å²) in [6.07, 6.45) is 16.9. The number of likely N-dealkylation sites (tertiary alicyclic amines) is 2. The Balaban J connectivity index is 0.609. The molecule has 5 amide bonds. The number of piperidine rings is 3. The summed E-state index contributed by atoms with van der Waals surface area (Å²) in [7, 11) is 1.84. The van der Waals surface area contributed by atoms with Crippen LogP contribution in [-0.2, 0) is 37.5 Å². The van der Waals surface area contributed by atoms with E-state index in [0.717, 1.165) is 147 Å². The first-order valence-electron chi connectivity index (χ1n) is 26.8. The average Bonchev–Trinajstić information content (AvgIpc) is 3.97. The van der Waals surface area contributed by atoms with Crippen LogP contribution in [0.4, 0.5) is 17.5 Å². The maximum Gasteiger partial charge on any atom is 0.343 e. The number of anilines is 3. The molecule has 4 saturated heterocycles. The number of piperazine rings is 1. The van der Waals surface area contributed by atoms with Crippen molar-refractivity contribution < 1.29 is 33.5 Å². The predicted octanol–water partition coefficient (Wildman–Crippen LogP) is 4.68. The van der Waals surface area contributed by atoms with Crippen molar-refractivity contribution in [1.29, 1.82) is 0 Å². The molecule has 10 rings (SSSR count). The fourth-order valence-corrected chi connectivity index (χ4v) is 12.7. The van der Waals surface area contributed by atoms with Gasteiger partial charge >= 0.3 is 5.97 Å². The van der Waals surface area contributed by atoms with Gasteiger partial charge in [0.1, 0.15) is 17.4 Å². The van der Waals surface area contributed by atoms with Gasteiger partial charge in [0.25, 0.3) is 5.91 Å². The topological polar surface area (TPSA) is 208 Å². The van der Waals surface area contributed by atoms with Gasteiger partial charge in [-0.05, 0) is 133 Å². The second-order valence-corrected chi connectivity index (χ2v) is 21.4. The van der Waals surface area contributed by atoms with Gasteiger partial charge in [-0.15, -0.1) is 0 Å². The Morgan fingerprint density at radius 1 is 0.792 bits per heavy atom. The molecule has 5 aliphatic heterocycles. The molecule has 2 aromatic heterocycles. The zero-order chi connectivity index (χ0) is 49.9. The monoisotopic (exact) mass is 989 g/mol. The molecule has 1 unspecified atom stereocenters. The number of aryl methyl sites for hydroxylation is 1. The minimum Gasteiger partial charge on any atom is -0.462 e. The summed E-state index contributed by atoms with van der Waals surface area (Å²) in [4.78, 5) is 97.8. The van der Waals surface area contributed by atoms with Crippen molar-refractivity contribution >= 4 is 53.0 Å². The molecule has 3 aromatic rings. The van der Waals surface area contributed by atoms with E-state index >= 15 is 0 Å². The molecular formula is C53H72N12O7. The maximum atomic E-state index is 13.8. The van der Waals surface area contributed by atoms with Gasteiger partial charge in [0.2, 0.25) is 29.6 Å². The van der Waals surface area contributed by atoms with Crippen LogP contribution in [0.25, 0.3) is 0 Å². The summed E-state index contributed by atoms with van der Waals surface area (Å²) in [5.41, 5.74) is 3.96. The number of imide groups is 1. The van der Waals surface area contributed by atoms with Gasteiger partial charge in [-0.25, -0.2) is 9.78 Å². The predicted molar refractivity (Wildman–Crippen MR) is 268 cm³/mol. The van der Waals surface area contributed by atoms with Crippen LogP contribution in [0.3, 0.4) is 0 Å². The van der Waals surface area contributed by atoms with Gasteiger partial charge in [0.05, 0.1) is 18.5 Å². The van der Waals surface area contributed by atoms with Gasteiger partial charge in [0.15, 0.2) is 0 Å². The Hall–Kier alpha value is -5.95. The molecule has 0 radical (unpaired) electrons. The SMILES string of the molecule is CCOC(=O)c1cnc(Nc2cnn(C)c2)nc1NC1CCC(N2CCN(C(=O)C3CCC(C(=O)N4CCC(CN5CCC(c6ccc7c(c6)CN(C6CCC(=O)NC6=O)C7=O)CC5)CC4)CC3)CC2)CC1. The van der Waals surface area contributed by atoms with Gasteiger partial charge in [-0.1, -0.05) is 12.1 Å². The Bertz CT molecular complexity index is 2480. The number of hydrogen-bond acceptors (Lipinski definition) is 14. The third-order valence-corrected chi connectivity index (χ3v) is 16.9. The Labute approximate surface area is 422 Å². The molecule has 72 heavy (non-hydrogen) atoms. The number of carbonyl (C=O) groups is 6. The van der Waals surface area contributed by atoms with Crippen LogP contribution < -0.4 is 16.0 Å². The zero-order valence-corrected chi connectivity index (χ0v) is 42.1. The zero-order valence-electron chi connectivity index (χ0n) is 42.1. The lowest BCUT2D eigenvalue weighted by molar-refractivity contribution is -0.143. The maximum absolute atomic E-state index is 13.8. The largest absolute Gasteiger partial charge is 0.462 e. The van der Waals surface area contributed by atoms with Crippen LogP contribution in [0.5, 0.6) is 0 Å².